The summed E-state index contributed by atoms with van der Waals surface area (Å²) in [7, 11) is 1.30. The van der Waals surface area contributed by atoms with Crippen LogP contribution in [0.15, 0.2) is 24.3 Å². The molecule has 0 unspecified atom stereocenters. The van der Waals surface area contributed by atoms with Gasteiger partial charge in [-0.05, 0) is 12.1 Å². The Morgan fingerprint density at radius 1 is 1.22 bits per heavy atom. The van der Waals surface area contributed by atoms with E-state index >= 15 is 0 Å². The molecule has 0 aliphatic rings. The third kappa shape index (κ3) is 4.60. The molecular formula is C14H13ClO3. The smallest absolute Gasteiger partial charge is 0.305 e. The summed E-state index contributed by atoms with van der Waals surface area (Å²) in [6.07, 6.45) is 0.252. The Kier molecular flexibility index (Phi) is 5.96. The first-order chi connectivity index (χ1) is 8.67. The minimum Gasteiger partial charge on any atom is -0.469 e. The highest BCUT2D eigenvalue weighted by molar-refractivity contribution is 6.19. The second kappa shape index (κ2) is 7.52. The molecule has 4 heteroatoms. The van der Waals surface area contributed by atoms with E-state index in [0.717, 1.165) is 5.56 Å². The van der Waals surface area contributed by atoms with Crippen molar-refractivity contribution in [3.63, 3.8) is 0 Å². The van der Waals surface area contributed by atoms with E-state index in [4.69, 9.17) is 11.6 Å². The van der Waals surface area contributed by atoms with Gasteiger partial charge in [-0.2, -0.15) is 0 Å². The van der Waals surface area contributed by atoms with Crippen molar-refractivity contribution in [2.75, 3.05) is 13.0 Å². The third-order valence-electron chi connectivity index (χ3n) is 2.29. The molecule has 0 fully saturated rings. The van der Waals surface area contributed by atoms with Gasteiger partial charge in [-0.3, -0.25) is 9.59 Å². The van der Waals surface area contributed by atoms with Crippen LogP contribution in [0, 0.1) is 11.8 Å². The fourth-order valence-electron chi connectivity index (χ4n) is 1.34. The first kappa shape index (κ1) is 14.3. The van der Waals surface area contributed by atoms with E-state index in [2.05, 4.69) is 16.6 Å². The van der Waals surface area contributed by atoms with Gasteiger partial charge in [0.1, 0.15) is 0 Å². The molecule has 18 heavy (non-hydrogen) atoms. The molecule has 0 saturated carbocycles. The Hall–Kier alpha value is -1.79. The van der Waals surface area contributed by atoms with Crippen LogP contribution in [0.4, 0.5) is 0 Å². The normalized spacial score (nSPS) is 9.22. The molecule has 0 aliphatic carbocycles. The molecule has 1 aromatic rings. The van der Waals surface area contributed by atoms with E-state index in [0.29, 0.717) is 5.56 Å². The van der Waals surface area contributed by atoms with Gasteiger partial charge in [0, 0.05) is 17.5 Å². The minimum atomic E-state index is -0.382. The van der Waals surface area contributed by atoms with Gasteiger partial charge in [0.2, 0.25) is 0 Å². The van der Waals surface area contributed by atoms with E-state index in [1.807, 2.05) is 0 Å². The number of hydrogen-bond acceptors (Lipinski definition) is 3. The molecule has 0 radical (unpaired) electrons. The largest absolute Gasteiger partial charge is 0.469 e. The van der Waals surface area contributed by atoms with Crippen molar-refractivity contribution >= 4 is 23.4 Å². The Balaban J connectivity index is 2.62. The number of rotatable bonds is 4. The summed E-state index contributed by atoms with van der Waals surface area (Å²) in [5.41, 5.74) is 1.37. The lowest BCUT2D eigenvalue weighted by atomic mass is 10.0. The number of ether oxygens (including phenoxy) is 1. The van der Waals surface area contributed by atoms with Gasteiger partial charge in [0.05, 0.1) is 19.4 Å². The number of carbonyl (C=O) groups excluding carboxylic acids is 2. The number of hydrogen-bond donors (Lipinski definition) is 0. The molecular weight excluding hydrogens is 252 g/mol. The predicted molar refractivity (Wildman–Crippen MR) is 69.6 cm³/mol. The van der Waals surface area contributed by atoms with Crippen molar-refractivity contribution in [3.05, 3.63) is 35.4 Å². The van der Waals surface area contributed by atoms with Crippen LogP contribution in [0.1, 0.15) is 28.8 Å². The fourth-order valence-corrected chi connectivity index (χ4v) is 1.40. The molecule has 0 aromatic heterocycles. The number of methoxy groups -OCH3 is 1. The highest BCUT2D eigenvalue weighted by Gasteiger charge is 2.08. The topological polar surface area (TPSA) is 43.4 Å². The van der Waals surface area contributed by atoms with Gasteiger partial charge >= 0.3 is 5.97 Å². The number of halogens is 1. The van der Waals surface area contributed by atoms with Gasteiger partial charge in [-0.1, -0.05) is 24.0 Å². The summed E-state index contributed by atoms with van der Waals surface area (Å²) in [6, 6.07) is 6.89. The predicted octanol–water partition coefficient (Wildman–Crippen LogP) is 2.41. The average Bonchev–Trinajstić information content (AvgIpc) is 2.42. The van der Waals surface area contributed by atoms with Crippen LogP contribution in [0.3, 0.4) is 0 Å². The molecule has 0 N–H and O–H groups in total. The molecule has 0 heterocycles. The number of ketones is 1. The molecule has 1 aromatic carbocycles. The van der Waals surface area contributed by atoms with Gasteiger partial charge in [-0.25, -0.2) is 0 Å². The van der Waals surface area contributed by atoms with Crippen LogP contribution >= 0.6 is 11.6 Å². The quantitative estimate of drug-likeness (QED) is 0.363. The zero-order valence-electron chi connectivity index (χ0n) is 10.0. The maximum absolute atomic E-state index is 11.7. The van der Waals surface area contributed by atoms with Crippen molar-refractivity contribution < 1.29 is 14.3 Å². The summed E-state index contributed by atoms with van der Waals surface area (Å²) in [5, 5.41) is 0. The average molecular weight is 265 g/mol. The molecule has 1 rings (SSSR count). The number of carbonyl (C=O) groups is 2. The van der Waals surface area contributed by atoms with E-state index in [1.165, 1.54) is 7.11 Å². The van der Waals surface area contributed by atoms with Gasteiger partial charge in [0.25, 0.3) is 0 Å². The Bertz CT molecular complexity index is 480. The van der Waals surface area contributed by atoms with Crippen LogP contribution in [0.25, 0.3) is 0 Å². The number of alkyl halides is 1. The lowest BCUT2D eigenvalue weighted by Crippen LogP contribution is -2.05. The second-order valence-electron chi connectivity index (χ2n) is 3.51. The van der Waals surface area contributed by atoms with Crippen molar-refractivity contribution in [3.8, 4) is 11.8 Å². The van der Waals surface area contributed by atoms with Gasteiger partial charge < -0.3 is 4.74 Å². The van der Waals surface area contributed by atoms with Crippen LogP contribution in [0.5, 0.6) is 0 Å². The minimum absolute atomic E-state index is 0.0859. The zero-order valence-corrected chi connectivity index (χ0v) is 10.8. The molecule has 0 bridgehead atoms. The summed E-state index contributed by atoms with van der Waals surface area (Å²) in [4.78, 5) is 22.6. The highest BCUT2D eigenvalue weighted by Crippen LogP contribution is 2.08. The summed E-state index contributed by atoms with van der Waals surface area (Å²) < 4.78 is 4.48. The lowest BCUT2D eigenvalue weighted by molar-refractivity contribution is -0.140. The summed E-state index contributed by atoms with van der Waals surface area (Å²) in [6.45, 7) is 0. The summed E-state index contributed by atoms with van der Waals surface area (Å²) in [5.74, 6) is 5.39. The van der Waals surface area contributed by atoms with Crippen molar-refractivity contribution in [1.29, 1.82) is 0 Å². The first-order valence-electron chi connectivity index (χ1n) is 5.42. The maximum atomic E-state index is 11.7. The molecule has 0 atom stereocenters. The van der Waals surface area contributed by atoms with Crippen LogP contribution in [0.2, 0.25) is 0 Å². The van der Waals surface area contributed by atoms with Gasteiger partial charge in [0.15, 0.2) is 5.78 Å². The van der Waals surface area contributed by atoms with Crippen LogP contribution < -0.4 is 0 Å². The fraction of sp³-hybridized carbons (Fsp3) is 0.286. The molecule has 0 spiro atoms. The zero-order chi connectivity index (χ0) is 13.4. The van der Waals surface area contributed by atoms with Gasteiger partial charge in [-0.15, -0.1) is 11.6 Å². The third-order valence-corrected chi connectivity index (χ3v) is 2.42. The number of Topliss-reactive ketones (excluding diaryl/α,β-unsaturated/α-hetero) is 1. The van der Waals surface area contributed by atoms with Crippen molar-refractivity contribution in [1.82, 2.24) is 0 Å². The monoisotopic (exact) mass is 264 g/mol. The molecule has 3 nitrogen and oxygen atoms in total. The van der Waals surface area contributed by atoms with E-state index in [1.54, 1.807) is 24.3 Å². The SMILES string of the molecule is COC(=O)CCC(=O)c1ccc(C#CCCl)cc1. The molecule has 0 amide bonds. The Morgan fingerprint density at radius 3 is 2.44 bits per heavy atom. The Labute approximate surface area is 111 Å². The molecule has 94 valence electrons. The maximum Gasteiger partial charge on any atom is 0.305 e. The molecule has 0 saturated heterocycles. The van der Waals surface area contributed by atoms with E-state index < -0.39 is 0 Å². The number of benzene rings is 1. The lowest BCUT2D eigenvalue weighted by Gasteiger charge is -2.00. The van der Waals surface area contributed by atoms with E-state index in [9.17, 15) is 9.59 Å². The van der Waals surface area contributed by atoms with Crippen LogP contribution in [-0.4, -0.2) is 24.7 Å². The molecule has 0 aliphatic heterocycles. The van der Waals surface area contributed by atoms with Crippen LogP contribution in [-0.2, 0) is 9.53 Å². The standard InChI is InChI=1S/C14H13ClO3/c1-18-14(17)9-8-13(16)12-6-4-11(5-7-12)3-2-10-15/h4-7H,8-10H2,1H3. The first-order valence-corrected chi connectivity index (χ1v) is 5.95. The highest BCUT2D eigenvalue weighted by atomic mass is 35.5. The summed E-state index contributed by atoms with van der Waals surface area (Å²) >= 11 is 5.45. The number of esters is 1. The Morgan fingerprint density at radius 2 is 1.89 bits per heavy atom. The second-order valence-corrected chi connectivity index (χ2v) is 3.78. The van der Waals surface area contributed by atoms with Crippen molar-refractivity contribution in [2.24, 2.45) is 0 Å². The van der Waals surface area contributed by atoms with Crippen molar-refractivity contribution in [2.45, 2.75) is 12.8 Å². The van der Waals surface area contributed by atoms with E-state index in [-0.39, 0.29) is 30.5 Å².